The van der Waals surface area contributed by atoms with Gasteiger partial charge in [-0.2, -0.15) is 0 Å². The minimum absolute atomic E-state index is 0.193. The number of aliphatic carboxylic acids is 1. The second-order valence-electron chi connectivity index (χ2n) is 5.81. The zero-order valence-electron chi connectivity index (χ0n) is 15.2. The van der Waals surface area contributed by atoms with Crippen molar-refractivity contribution in [2.75, 3.05) is 0 Å². The summed E-state index contributed by atoms with van der Waals surface area (Å²) >= 11 is 0. The monoisotopic (exact) mass is 330 g/mol. The Morgan fingerprint density at radius 2 is 1.17 bits per heavy atom. The van der Waals surface area contributed by atoms with Crippen molar-refractivity contribution in [1.29, 1.82) is 0 Å². The molecule has 0 heterocycles. The van der Waals surface area contributed by atoms with E-state index in [-0.39, 0.29) is 6.42 Å². The van der Waals surface area contributed by atoms with Crippen LogP contribution in [0.4, 0.5) is 0 Å². The molecule has 0 aliphatic carbocycles. The largest absolute Gasteiger partial charge is 0.481 e. The molecule has 0 spiro atoms. The summed E-state index contributed by atoms with van der Waals surface area (Å²) in [5.41, 5.74) is 0. The molecule has 2 nitrogen and oxygen atoms in total. The first-order valence-electron chi connectivity index (χ1n) is 9.29. The summed E-state index contributed by atoms with van der Waals surface area (Å²) in [7, 11) is 0. The van der Waals surface area contributed by atoms with Crippen molar-refractivity contribution in [2.24, 2.45) is 0 Å². The average molecular weight is 331 g/mol. The minimum atomic E-state index is -0.753. The number of allylic oxidation sites excluding steroid dienone is 10. The third-order valence-electron chi connectivity index (χ3n) is 3.49. The molecule has 0 amide bonds. The molecular weight excluding hydrogens is 296 g/mol. The molecule has 0 fully saturated rings. The van der Waals surface area contributed by atoms with E-state index in [2.05, 4.69) is 31.2 Å². The number of unbranched alkanes of at least 4 members (excludes halogenated alkanes) is 6. The Morgan fingerprint density at radius 3 is 1.75 bits per heavy atom. The van der Waals surface area contributed by atoms with Gasteiger partial charge in [-0.15, -0.1) is 0 Å². The Balaban J connectivity index is 3.45. The summed E-state index contributed by atoms with van der Waals surface area (Å²) in [6.07, 6.45) is 31.4. The van der Waals surface area contributed by atoms with Gasteiger partial charge in [-0.05, 0) is 38.5 Å². The van der Waals surface area contributed by atoms with E-state index in [0.717, 1.165) is 6.42 Å². The topological polar surface area (TPSA) is 37.3 Å². The molecule has 0 atom stereocenters. The zero-order chi connectivity index (χ0) is 17.7. The van der Waals surface area contributed by atoms with Crippen LogP contribution in [-0.4, -0.2) is 11.1 Å². The lowest BCUT2D eigenvalue weighted by Gasteiger charge is -1.95. The van der Waals surface area contributed by atoms with Gasteiger partial charge in [-0.25, -0.2) is 0 Å². The summed E-state index contributed by atoms with van der Waals surface area (Å²) in [5, 5.41) is 8.48. The predicted molar refractivity (Wildman–Crippen MR) is 105 cm³/mol. The molecule has 0 saturated carbocycles. The number of carboxylic acids is 1. The van der Waals surface area contributed by atoms with Crippen molar-refractivity contribution in [1.82, 2.24) is 0 Å². The Kier molecular flexibility index (Phi) is 17.8. The van der Waals surface area contributed by atoms with Gasteiger partial charge < -0.3 is 5.11 Å². The first kappa shape index (κ1) is 22.2. The van der Waals surface area contributed by atoms with Crippen LogP contribution in [0.15, 0.2) is 60.8 Å². The second-order valence-corrected chi connectivity index (χ2v) is 5.81. The summed E-state index contributed by atoms with van der Waals surface area (Å²) < 4.78 is 0. The van der Waals surface area contributed by atoms with Crippen molar-refractivity contribution in [3.05, 3.63) is 60.8 Å². The highest BCUT2D eigenvalue weighted by molar-refractivity contribution is 5.66. The molecule has 0 aromatic carbocycles. The highest BCUT2D eigenvalue weighted by Crippen LogP contribution is 2.05. The number of hydrogen-bond acceptors (Lipinski definition) is 1. The molecule has 24 heavy (non-hydrogen) atoms. The first-order chi connectivity index (χ1) is 11.8. The molecule has 0 aliphatic rings. The summed E-state index contributed by atoms with van der Waals surface area (Å²) in [6, 6.07) is 0. The van der Waals surface area contributed by atoms with Crippen molar-refractivity contribution in [3.63, 3.8) is 0 Å². The fourth-order valence-electron chi connectivity index (χ4n) is 2.07. The van der Waals surface area contributed by atoms with Crippen LogP contribution >= 0.6 is 0 Å². The van der Waals surface area contributed by atoms with Gasteiger partial charge in [0.2, 0.25) is 0 Å². The van der Waals surface area contributed by atoms with E-state index >= 15 is 0 Å². The molecule has 0 saturated heterocycles. The van der Waals surface area contributed by atoms with Crippen LogP contribution < -0.4 is 0 Å². The van der Waals surface area contributed by atoms with Crippen LogP contribution in [-0.2, 0) is 4.79 Å². The van der Waals surface area contributed by atoms with Crippen LogP contribution in [0.25, 0.3) is 0 Å². The highest BCUT2D eigenvalue weighted by atomic mass is 16.4. The van der Waals surface area contributed by atoms with Crippen molar-refractivity contribution >= 4 is 5.97 Å². The van der Waals surface area contributed by atoms with Gasteiger partial charge in [0.05, 0.1) is 0 Å². The van der Waals surface area contributed by atoms with Crippen molar-refractivity contribution in [2.45, 2.75) is 71.1 Å². The third-order valence-corrected chi connectivity index (χ3v) is 3.49. The highest BCUT2D eigenvalue weighted by Gasteiger charge is 1.90. The molecule has 1 N–H and O–H groups in total. The van der Waals surface area contributed by atoms with Crippen molar-refractivity contribution < 1.29 is 9.90 Å². The fourth-order valence-corrected chi connectivity index (χ4v) is 2.07. The quantitative estimate of drug-likeness (QED) is 0.204. The summed E-state index contributed by atoms with van der Waals surface area (Å²) in [4.78, 5) is 10.3. The van der Waals surface area contributed by atoms with Crippen LogP contribution in [0.5, 0.6) is 0 Å². The van der Waals surface area contributed by atoms with Crippen LogP contribution in [0.3, 0.4) is 0 Å². The van der Waals surface area contributed by atoms with Gasteiger partial charge in [0.15, 0.2) is 0 Å². The zero-order valence-corrected chi connectivity index (χ0v) is 15.2. The molecule has 0 aliphatic heterocycles. The molecule has 134 valence electrons. The molecular formula is C22H34O2. The van der Waals surface area contributed by atoms with E-state index < -0.39 is 5.97 Å². The van der Waals surface area contributed by atoms with Crippen LogP contribution in [0, 0.1) is 0 Å². The minimum Gasteiger partial charge on any atom is -0.481 e. The molecule has 0 unspecified atom stereocenters. The Hall–Kier alpha value is -1.83. The van der Waals surface area contributed by atoms with Crippen LogP contribution in [0.2, 0.25) is 0 Å². The molecule has 0 rings (SSSR count). The summed E-state index contributed by atoms with van der Waals surface area (Å²) in [6.45, 7) is 2.23. The van der Waals surface area contributed by atoms with Crippen molar-refractivity contribution in [3.8, 4) is 0 Å². The van der Waals surface area contributed by atoms with E-state index in [1.54, 1.807) is 0 Å². The van der Waals surface area contributed by atoms with Gasteiger partial charge in [0.1, 0.15) is 0 Å². The second kappa shape index (κ2) is 19.2. The van der Waals surface area contributed by atoms with E-state index in [0.29, 0.717) is 6.42 Å². The summed E-state index contributed by atoms with van der Waals surface area (Å²) in [5.74, 6) is -0.753. The maximum absolute atomic E-state index is 10.3. The fraction of sp³-hybridized carbons (Fsp3) is 0.500. The maximum Gasteiger partial charge on any atom is 0.303 e. The van der Waals surface area contributed by atoms with Gasteiger partial charge in [0.25, 0.3) is 0 Å². The normalized spacial score (nSPS) is 12.7. The molecule has 0 aromatic rings. The lowest BCUT2D eigenvalue weighted by Crippen LogP contribution is -1.91. The maximum atomic E-state index is 10.3. The molecule has 0 aromatic heterocycles. The number of hydrogen-bond donors (Lipinski definition) is 1. The Morgan fingerprint density at radius 1 is 0.667 bits per heavy atom. The van der Waals surface area contributed by atoms with E-state index in [1.807, 2.05) is 36.5 Å². The van der Waals surface area contributed by atoms with Gasteiger partial charge in [0, 0.05) is 6.42 Å². The van der Waals surface area contributed by atoms with E-state index in [4.69, 9.17) is 5.11 Å². The Bertz CT molecular complexity index is 425. The smallest absolute Gasteiger partial charge is 0.303 e. The van der Waals surface area contributed by atoms with Gasteiger partial charge >= 0.3 is 5.97 Å². The average Bonchev–Trinajstić information content (AvgIpc) is 2.56. The van der Waals surface area contributed by atoms with Gasteiger partial charge in [-0.3, -0.25) is 4.79 Å². The third kappa shape index (κ3) is 20.2. The SMILES string of the molecule is CCCC/C=C/CCCCC/C=C/C=C/C=C/C=C/CCC(=O)O. The van der Waals surface area contributed by atoms with Gasteiger partial charge in [-0.1, -0.05) is 86.9 Å². The standard InChI is InChI=1S/C22H34O2/c1-2-3-4-5-6-7-8-9-10-11-12-13-14-15-16-17-18-19-20-21-22(23)24/h5-6,12-19H,2-4,7-11,20-21H2,1H3,(H,23,24)/b6-5+,13-12+,15-14+,17-16+,19-18+. The predicted octanol–water partition coefficient (Wildman–Crippen LogP) is 6.77. The number of carbonyl (C=O) groups is 1. The Labute approximate surface area is 148 Å². The molecule has 0 bridgehead atoms. The first-order valence-corrected chi connectivity index (χ1v) is 9.29. The lowest BCUT2D eigenvalue weighted by molar-refractivity contribution is -0.136. The lowest BCUT2D eigenvalue weighted by atomic mass is 10.1. The van der Waals surface area contributed by atoms with E-state index in [9.17, 15) is 4.79 Å². The molecule has 2 heteroatoms. The number of rotatable bonds is 15. The number of carboxylic acid groups (broad SMARTS) is 1. The van der Waals surface area contributed by atoms with E-state index in [1.165, 1.54) is 44.9 Å². The van der Waals surface area contributed by atoms with Crippen LogP contribution in [0.1, 0.15) is 71.1 Å². The molecule has 0 radical (unpaired) electrons.